The summed E-state index contributed by atoms with van der Waals surface area (Å²) < 4.78 is 0. The van der Waals surface area contributed by atoms with Crippen LogP contribution in [0.4, 0.5) is 5.69 Å². The number of hydrogen-bond acceptors (Lipinski definition) is 4. The molecule has 0 atom stereocenters. The van der Waals surface area contributed by atoms with E-state index in [1.807, 2.05) is 0 Å². The minimum Gasteiger partial charge on any atom is -0.354 e. The molecule has 1 aromatic rings. The third-order valence-corrected chi connectivity index (χ3v) is 3.27. The first-order chi connectivity index (χ1) is 9.61. The van der Waals surface area contributed by atoms with Crippen LogP contribution in [-0.2, 0) is 4.79 Å². The number of carbonyl (C=O) groups is 2. The lowest BCUT2D eigenvalue weighted by Crippen LogP contribution is -2.35. The molecule has 5 N–H and O–H groups in total. The standard InChI is InChI=1S/C13H17ClN4O2/c14-9-3-4-11(18-15)10(7-9)13(20)17-6-5-16-12(19)8-1-2-8/h3-4,7-8,18H,1-2,5-6,15H2,(H,16,19)(H,17,20). The van der Waals surface area contributed by atoms with Crippen molar-refractivity contribution in [3.05, 3.63) is 28.8 Å². The van der Waals surface area contributed by atoms with Crippen LogP contribution >= 0.6 is 11.6 Å². The zero-order valence-corrected chi connectivity index (χ0v) is 11.7. The van der Waals surface area contributed by atoms with Gasteiger partial charge in [-0.3, -0.25) is 15.4 Å². The topological polar surface area (TPSA) is 96.2 Å². The van der Waals surface area contributed by atoms with Crippen molar-refractivity contribution in [2.75, 3.05) is 18.5 Å². The lowest BCUT2D eigenvalue weighted by atomic mass is 10.1. The highest BCUT2D eigenvalue weighted by Gasteiger charge is 2.29. The molecule has 1 aliphatic carbocycles. The van der Waals surface area contributed by atoms with E-state index < -0.39 is 0 Å². The fourth-order valence-corrected chi connectivity index (χ4v) is 1.95. The minimum atomic E-state index is -0.291. The van der Waals surface area contributed by atoms with E-state index in [1.165, 1.54) is 6.07 Å². The lowest BCUT2D eigenvalue weighted by Gasteiger charge is -2.10. The number of rotatable bonds is 6. The van der Waals surface area contributed by atoms with Crippen LogP contribution < -0.4 is 21.9 Å². The van der Waals surface area contributed by atoms with Crippen molar-refractivity contribution in [3.8, 4) is 0 Å². The molecule has 0 bridgehead atoms. The highest BCUT2D eigenvalue weighted by Crippen LogP contribution is 2.28. The second kappa shape index (κ2) is 6.58. The van der Waals surface area contributed by atoms with Crippen LogP contribution in [0, 0.1) is 5.92 Å². The molecule has 1 saturated carbocycles. The summed E-state index contributed by atoms with van der Waals surface area (Å²) in [6.45, 7) is 0.765. The van der Waals surface area contributed by atoms with Gasteiger partial charge in [-0.15, -0.1) is 0 Å². The smallest absolute Gasteiger partial charge is 0.253 e. The SMILES string of the molecule is NNc1ccc(Cl)cc1C(=O)NCCNC(=O)C1CC1. The fourth-order valence-electron chi connectivity index (χ4n) is 1.78. The molecule has 0 aromatic heterocycles. The van der Waals surface area contributed by atoms with E-state index in [1.54, 1.807) is 12.1 Å². The zero-order chi connectivity index (χ0) is 14.5. The molecule has 0 radical (unpaired) electrons. The average Bonchev–Trinajstić information content (AvgIpc) is 3.27. The number of carbonyl (C=O) groups excluding carboxylic acids is 2. The summed E-state index contributed by atoms with van der Waals surface area (Å²) in [5.74, 6) is 5.29. The second-order valence-electron chi connectivity index (χ2n) is 4.66. The summed E-state index contributed by atoms with van der Waals surface area (Å²) in [5.41, 5.74) is 3.31. The molecule has 1 aliphatic rings. The van der Waals surface area contributed by atoms with Crippen molar-refractivity contribution in [2.24, 2.45) is 11.8 Å². The predicted octanol–water partition coefficient (Wildman–Crippen LogP) is 0.882. The molecule has 0 spiro atoms. The Labute approximate surface area is 122 Å². The third-order valence-electron chi connectivity index (χ3n) is 3.04. The molecule has 108 valence electrons. The molecule has 0 saturated heterocycles. The number of benzene rings is 1. The Morgan fingerprint density at radius 2 is 1.95 bits per heavy atom. The molecule has 0 unspecified atom stereocenters. The number of hydrogen-bond donors (Lipinski definition) is 4. The number of nitrogen functional groups attached to an aromatic ring is 1. The second-order valence-corrected chi connectivity index (χ2v) is 5.09. The van der Waals surface area contributed by atoms with Crippen LogP contribution in [0.15, 0.2) is 18.2 Å². The van der Waals surface area contributed by atoms with Gasteiger partial charge in [-0.05, 0) is 31.0 Å². The molecule has 1 aromatic carbocycles. The normalized spacial score (nSPS) is 13.7. The first-order valence-electron chi connectivity index (χ1n) is 6.44. The van der Waals surface area contributed by atoms with Crippen molar-refractivity contribution in [1.82, 2.24) is 10.6 Å². The van der Waals surface area contributed by atoms with Crippen LogP contribution in [-0.4, -0.2) is 24.9 Å². The van der Waals surface area contributed by atoms with Gasteiger partial charge >= 0.3 is 0 Å². The van der Waals surface area contributed by atoms with Gasteiger partial charge in [-0.1, -0.05) is 11.6 Å². The first kappa shape index (κ1) is 14.6. The number of hydrazine groups is 1. The zero-order valence-electron chi connectivity index (χ0n) is 10.9. The van der Waals surface area contributed by atoms with Gasteiger partial charge in [0.1, 0.15) is 0 Å². The summed E-state index contributed by atoms with van der Waals surface area (Å²) >= 11 is 5.86. The van der Waals surface area contributed by atoms with E-state index in [0.29, 0.717) is 29.4 Å². The molecule has 1 fully saturated rings. The number of amides is 2. The Balaban J connectivity index is 1.81. The van der Waals surface area contributed by atoms with Crippen molar-refractivity contribution in [2.45, 2.75) is 12.8 Å². The number of halogens is 1. The lowest BCUT2D eigenvalue weighted by molar-refractivity contribution is -0.122. The van der Waals surface area contributed by atoms with Crippen molar-refractivity contribution >= 4 is 29.1 Å². The molecule has 2 amide bonds. The van der Waals surface area contributed by atoms with Crippen LogP contribution in [0.25, 0.3) is 0 Å². The largest absolute Gasteiger partial charge is 0.354 e. The third kappa shape index (κ3) is 3.85. The van der Waals surface area contributed by atoms with Crippen LogP contribution in [0.1, 0.15) is 23.2 Å². The Kier molecular flexibility index (Phi) is 4.81. The maximum atomic E-state index is 12.0. The van der Waals surface area contributed by atoms with E-state index in [9.17, 15) is 9.59 Å². The molecule has 0 heterocycles. The molecule has 0 aliphatic heterocycles. The number of anilines is 1. The first-order valence-corrected chi connectivity index (χ1v) is 6.81. The molecular formula is C13H17ClN4O2. The van der Waals surface area contributed by atoms with Gasteiger partial charge in [0.15, 0.2) is 0 Å². The van der Waals surface area contributed by atoms with Gasteiger partial charge < -0.3 is 16.1 Å². The molecule has 7 heteroatoms. The van der Waals surface area contributed by atoms with Gasteiger partial charge in [-0.2, -0.15) is 0 Å². The minimum absolute atomic E-state index is 0.0614. The van der Waals surface area contributed by atoms with E-state index in [-0.39, 0.29) is 17.7 Å². The predicted molar refractivity (Wildman–Crippen MR) is 77.3 cm³/mol. The molecule has 2 rings (SSSR count). The number of nitrogens with two attached hydrogens (primary N) is 1. The molecule has 6 nitrogen and oxygen atoms in total. The summed E-state index contributed by atoms with van der Waals surface area (Å²) in [5, 5.41) is 5.93. The summed E-state index contributed by atoms with van der Waals surface area (Å²) in [7, 11) is 0. The van der Waals surface area contributed by atoms with E-state index in [4.69, 9.17) is 17.4 Å². The molecule has 20 heavy (non-hydrogen) atoms. The van der Waals surface area contributed by atoms with Gasteiger partial charge in [0.25, 0.3) is 5.91 Å². The van der Waals surface area contributed by atoms with Crippen LogP contribution in [0.3, 0.4) is 0 Å². The Hall–Kier alpha value is -1.79. The monoisotopic (exact) mass is 296 g/mol. The van der Waals surface area contributed by atoms with Crippen molar-refractivity contribution in [1.29, 1.82) is 0 Å². The van der Waals surface area contributed by atoms with E-state index >= 15 is 0 Å². The van der Waals surface area contributed by atoms with Crippen LogP contribution in [0.5, 0.6) is 0 Å². The number of nitrogens with one attached hydrogen (secondary N) is 3. The summed E-state index contributed by atoms with van der Waals surface area (Å²) in [6, 6.07) is 4.81. The highest BCUT2D eigenvalue weighted by atomic mass is 35.5. The van der Waals surface area contributed by atoms with E-state index in [2.05, 4.69) is 16.1 Å². The quantitative estimate of drug-likeness (QED) is 0.356. The maximum absolute atomic E-state index is 12.0. The Bertz CT molecular complexity index is 517. The van der Waals surface area contributed by atoms with Crippen molar-refractivity contribution in [3.63, 3.8) is 0 Å². The van der Waals surface area contributed by atoms with Crippen molar-refractivity contribution < 1.29 is 9.59 Å². The summed E-state index contributed by atoms with van der Waals surface area (Å²) in [6.07, 6.45) is 1.93. The average molecular weight is 297 g/mol. The molecular weight excluding hydrogens is 280 g/mol. The van der Waals surface area contributed by atoms with Gasteiger partial charge in [0.2, 0.25) is 5.91 Å². The van der Waals surface area contributed by atoms with Gasteiger partial charge in [0.05, 0.1) is 11.3 Å². The maximum Gasteiger partial charge on any atom is 0.253 e. The Morgan fingerprint density at radius 3 is 2.60 bits per heavy atom. The van der Waals surface area contributed by atoms with Crippen LogP contribution in [0.2, 0.25) is 5.02 Å². The van der Waals surface area contributed by atoms with Gasteiger partial charge in [0, 0.05) is 24.0 Å². The Morgan fingerprint density at radius 1 is 1.25 bits per heavy atom. The van der Waals surface area contributed by atoms with Gasteiger partial charge in [-0.25, -0.2) is 0 Å². The summed E-state index contributed by atoms with van der Waals surface area (Å²) in [4.78, 5) is 23.4. The fraction of sp³-hybridized carbons (Fsp3) is 0.385. The van der Waals surface area contributed by atoms with E-state index in [0.717, 1.165) is 12.8 Å². The highest BCUT2D eigenvalue weighted by molar-refractivity contribution is 6.31.